The summed E-state index contributed by atoms with van der Waals surface area (Å²) < 4.78 is 26.0. The molecule has 2 aliphatic heterocycles. The molecule has 0 saturated carbocycles. The van der Waals surface area contributed by atoms with E-state index < -0.39 is 15.4 Å². The first-order valence-corrected chi connectivity index (χ1v) is 9.35. The van der Waals surface area contributed by atoms with E-state index in [0.29, 0.717) is 45.7 Å². The van der Waals surface area contributed by atoms with Crippen LogP contribution in [0, 0.1) is 5.41 Å². The molecule has 2 heterocycles. The van der Waals surface area contributed by atoms with Gasteiger partial charge in [0.15, 0.2) is 0 Å². The Labute approximate surface area is 132 Å². The molecule has 8 heteroatoms. The molecular formula is C14H25N3O4S. The molecule has 126 valence electrons. The van der Waals surface area contributed by atoms with Crippen LogP contribution < -0.4 is 0 Å². The molecule has 0 aromatic heterocycles. The Bertz CT molecular complexity index is 562. The summed E-state index contributed by atoms with van der Waals surface area (Å²) in [5.41, 5.74) is -0.489. The van der Waals surface area contributed by atoms with Gasteiger partial charge in [0.2, 0.25) is 21.8 Å². The summed E-state index contributed by atoms with van der Waals surface area (Å²) in [7, 11) is -3.33. The maximum Gasteiger partial charge on any atom is 0.223 e. The zero-order chi connectivity index (χ0) is 16.5. The monoisotopic (exact) mass is 331 g/mol. The smallest absolute Gasteiger partial charge is 0.223 e. The van der Waals surface area contributed by atoms with E-state index in [1.165, 1.54) is 11.2 Å². The van der Waals surface area contributed by atoms with E-state index in [0.717, 1.165) is 0 Å². The summed E-state index contributed by atoms with van der Waals surface area (Å²) in [5.74, 6) is 0.00784. The average molecular weight is 331 g/mol. The molecule has 0 N–H and O–H groups in total. The molecule has 2 amide bonds. The molecule has 2 fully saturated rings. The third-order valence-corrected chi connectivity index (χ3v) is 6.48. The minimum atomic E-state index is -3.33. The Morgan fingerprint density at radius 1 is 1.18 bits per heavy atom. The van der Waals surface area contributed by atoms with Crippen LogP contribution in [0.5, 0.6) is 0 Å². The fourth-order valence-corrected chi connectivity index (χ4v) is 4.59. The zero-order valence-electron chi connectivity index (χ0n) is 13.5. The molecule has 0 aromatic carbocycles. The third kappa shape index (κ3) is 3.27. The molecule has 0 aromatic rings. The van der Waals surface area contributed by atoms with Gasteiger partial charge in [-0.25, -0.2) is 8.42 Å². The normalized spacial score (nSPS) is 27.5. The maximum atomic E-state index is 12.3. The topological polar surface area (TPSA) is 78.0 Å². The molecule has 22 heavy (non-hydrogen) atoms. The Morgan fingerprint density at radius 2 is 1.86 bits per heavy atom. The van der Waals surface area contributed by atoms with Gasteiger partial charge in [0.1, 0.15) is 0 Å². The van der Waals surface area contributed by atoms with E-state index in [-0.39, 0.29) is 17.6 Å². The van der Waals surface area contributed by atoms with Crippen molar-refractivity contribution < 1.29 is 18.0 Å². The number of rotatable bonds is 3. The first kappa shape index (κ1) is 17.2. The van der Waals surface area contributed by atoms with Gasteiger partial charge in [-0.15, -0.1) is 0 Å². The van der Waals surface area contributed by atoms with Gasteiger partial charge < -0.3 is 9.80 Å². The number of hydrogen-bond acceptors (Lipinski definition) is 4. The van der Waals surface area contributed by atoms with Crippen LogP contribution in [0.1, 0.15) is 27.2 Å². The van der Waals surface area contributed by atoms with Crippen molar-refractivity contribution in [1.82, 2.24) is 14.1 Å². The number of hydrogen-bond donors (Lipinski definition) is 0. The van der Waals surface area contributed by atoms with Gasteiger partial charge in [0, 0.05) is 58.0 Å². The lowest BCUT2D eigenvalue weighted by Gasteiger charge is -2.33. The second kappa shape index (κ2) is 6.16. The highest BCUT2D eigenvalue weighted by Gasteiger charge is 2.48. The van der Waals surface area contributed by atoms with Gasteiger partial charge in [-0.1, -0.05) is 0 Å². The Kier molecular flexibility index (Phi) is 4.81. The average Bonchev–Trinajstić information content (AvgIpc) is 2.64. The van der Waals surface area contributed by atoms with Crippen LogP contribution in [0.25, 0.3) is 0 Å². The van der Waals surface area contributed by atoms with Crippen molar-refractivity contribution in [3.05, 3.63) is 0 Å². The third-order valence-electron chi connectivity index (χ3n) is 4.65. The Hall–Kier alpha value is -1.15. The van der Waals surface area contributed by atoms with Crippen molar-refractivity contribution in [2.24, 2.45) is 5.41 Å². The van der Waals surface area contributed by atoms with Crippen LogP contribution in [0.2, 0.25) is 0 Å². The van der Waals surface area contributed by atoms with Crippen molar-refractivity contribution in [2.45, 2.75) is 27.2 Å². The highest BCUT2D eigenvalue weighted by atomic mass is 32.2. The van der Waals surface area contributed by atoms with Crippen molar-refractivity contribution in [2.75, 3.05) is 45.0 Å². The van der Waals surface area contributed by atoms with E-state index in [4.69, 9.17) is 0 Å². The molecule has 7 nitrogen and oxygen atoms in total. The fourth-order valence-electron chi connectivity index (χ4n) is 3.39. The van der Waals surface area contributed by atoms with Crippen LogP contribution in [-0.4, -0.2) is 79.4 Å². The molecule has 2 rings (SSSR count). The number of nitrogens with zero attached hydrogens (tertiary/aromatic N) is 3. The molecule has 2 saturated heterocycles. The van der Waals surface area contributed by atoms with E-state index in [2.05, 4.69) is 0 Å². The van der Waals surface area contributed by atoms with Crippen molar-refractivity contribution in [3.8, 4) is 0 Å². The lowest BCUT2D eigenvalue weighted by atomic mass is 9.86. The van der Waals surface area contributed by atoms with Gasteiger partial charge in [-0.3, -0.25) is 9.59 Å². The molecule has 0 aliphatic carbocycles. The summed E-state index contributed by atoms with van der Waals surface area (Å²) in [4.78, 5) is 27.4. The van der Waals surface area contributed by atoms with Gasteiger partial charge in [0.25, 0.3) is 0 Å². The number of carbonyl (C=O) groups is 2. The second-order valence-electron chi connectivity index (χ2n) is 6.26. The van der Waals surface area contributed by atoms with Gasteiger partial charge in [-0.05, 0) is 13.8 Å². The van der Waals surface area contributed by atoms with E-state index in [1.54, 1.807) is 16.7 Å². The highest BCUT2D eigenvalue weighted by molar-refractivity contribution is 7.89. The number of carbonyl (C=O) groups excluding carboxylic acids is 2. The minimum Gasteiger partial charge on any atom is -0.342 e. The minimum absolute atomic E-state index is 0.0363. The van der Waals surface area contributed by atoms with Crippen LogP contribution in [0.3, 0.4) is 0 Å². The molecule has 1 atom stereocenters. The Morgan fingerprint density at radius 3 is 2.36 bits per heavy atom. The molecule has 0 radical (unpaired) electrons. The number of amides is 2. The fraction of sp³-hybridized carbons (Fsp3) is 0.857. The van der Waals surface area contributed by atoms with E-state index >= 15 is 0 Å². The predicted octanol–water partition coefficient (Wildman–Crippen LogP) is -0.261. The standard InChI is InChI=1S/C14H25N3O4S/c1-4-15-9-14(8-13(15)19)10-16(12(3)18)6-7-17(11-14)22(20,21)5-2/h4-11H2,1-3H3/t14-/m1/s1. The first-order chi connectivity index (χ1) is 10.2. The summed E-state index contributed by atoms with van der Waals surface area (Å²) >= 11 is 0. The molecule has 2 aliphatic rings. The SMILES string of the molecule is CCN1C[C@]2(CC1=O)CN(C(C)=O)CCN(S(=O)(=O)CC)C2. The van der Waals surface area contributed by atoms with E-state index in [9.17, 15) is 18.0 Å². The number of likely N-dealkylation sites (tertiary alicyclic amines) is 1. The van der Waals surface area contributed by atoms with E-state index in [1.807, 2.05) is 6.92 Å². The van der Waals surface area contributed by atoms with Crippen LogP contribution in [0.4, 0.5) is 0 Å². The highest BCUT2D eigenvalue weighted by Crippen LogP contribution is 2.35. The van der Waals surface area contributed by atoms with Crippen LogP contribution in [-0.2, 0) is 19.6 Å². The summed E-state index contributed by atoms with van der Waals surface area (Å²) in [6.07, 6.45) is 0.306. The lowest BCUT2D eigenvalue weighted by molar-refractivity contribution is -0.130. The quantitative estimate of drug-likeness (QED) is 0.714. The van der Waals surface area contributed by atoms with Gasteiger partial charge >= 0.3 is 0 Å². The zero-order valence-corrected chi connectivity index (χ0v) is 14.4. The first-order valence-electron chi connectivity index (χ1n) is 7.74. The second-order valence-corrected chi connectivity index (χ2v) is 8.52. The van der Waals surface area contributed by atoms with Crippen LogP contribution in [0.15, 0.2) is 0 Å². The van der Waals surface area contributed by atoms with Gasteiger partial charge in [-0.2, -0.15) is 4.31 Å². The molecule has 0 unspecified atom stereocenters. The molecular weight excluding hydrogens is 306 g/mol. The molecule has 0 bridgehead atoms. The van der Waals surface area contributed by atoms with Gasteiger partial charge in [0.05, 0.1) is 5.75 Å². The van der Waals surface area contributed by atoms with Crippen molar-refractivity contribution in [3.63, 3.8) is 0 Å². The van der Waals surface area contributed by atoms with Crippen LogP contribution >= 0.6 is 0 Å². The van der Waals surface area contributed by atoms with Crippen molar-refractivity contribution in [1.29, 1.82) is 0 Å². The predicted molar refractivity (Wildman–Crippen MR) is 82.6 cm³/mol. The number of sulfonamides is 1. The molecule has 1 spiro atoms. The largest absolute Gasteiger partial charge is 0.342 e. The summed E-state index contributed by atoms with van der Waals surface area (Å²) in [6, 6.07) is 0. The summed E-state index contributed by atoms with van der Waals surface area (Å²) in [6.45, 7) is 7.60. The summed E-state index contributed by atoms with van der Waals surface area (Å²) in [5, 5.41) is 0. The Balaban J connectivity index is 2.33. The maximum absolute atomic E-state index is 12.3. The lowest BCUT2D eigenvalue weighted by Crippen LogP contribution is -2.45. The van der Waals surface area contributed by atoms with Crippen molar-refractivity contribution >= 4 is 21.8 Å².